The van der Waals surface area contributed by atoms with E-state index in [4.69, 9.17) is 0 Å². The minimum absolute atomic E-state index is 0.0258. The molecule has 0 aliphatic heterocycles. The minimum atomic E-state index is -0.273. The van der Waals surface area contributed by atoms with Crippen LogP contribution in [0.15, 0.2) is 78.9 Å². The first-order valence-electron chi connectivity index (χ1n) is 9.47. The van der Waals surface area contributed by atoms with Gasteiger partial charge in [-0.3, -0.25) is 9.59 Å². The zero-order valence-electron chi connectivity index (χ0n) is 16.3. The number of phenolic OH excluding ortho intramolecular Hbond substituents is 1. The van der Waals surface area contributed by atoms with Gasteiger partial charge in [0, 0.05) is 12.1 Å². The Bertz CT molecular complexity index is 1020. The summed E-state index contributed by atoms with van der Waals surface area (Å²) in [5, 5.41) is 12.8. The van der Waals surface area contributed by atoms with E-state index in [9.17, 15) is 14.7 Å². The van der Waals surface area contributed by atoms with Gasteiger partial charge in [0.05, 0.1) is 5.56 Å². The Kier molecular flexibility index (Phi) is 6.59. The maximum atomic E-state index is 12.3. The average molecular weight is 385 g/mol. The molecule has 0 heterocycles. The number of hydrogen-bond acceptors (Lipinski definition) is 3. The number of carbonyl (C=O) groups excluding carboxylic acids is 2. The van der Waals surface area contributed by atoms with Crippen LogP contribution in [-0.4, -0.2) is 23.3 Å². The van der Waals surface area contributed by atoms with Crippen LogP contribution in [0.3, 0.4) is 0 Å². The molecule has 4 heteroatoms. The standard InChI is InChI=1S/C25H23NO3/c1-18-7-13-22(24(28)17-18)23(27)14-10-20-8-11-21(12-9-20)25(29)26-16-15-19-5-3-2-4-6-19/h2-14,17,28H,15-16H2,1H3,(H,26,29)/b14-10+. The van der Waals surface area contributed by atoms with Crippen LogP contribution in [0.4, 0.5) is 0 Å². The third-order valence-electron chi connectivity index (χ3n) is 4.56. The lowest BCUT2D eigenvalue weighted by molar-refractivity contribution is 0.0953. The molecule has 1 amide bonds. The Morgan fingerprint density at radius 3 is 2.38 bits per heavy atom. The summed E-state index contributed by atoms with van der Waals surface area (Å²) in [4.78, 5) is 24.5. The van der Waals surface area contributed by atoms with Crippen molar-refractivity contribution in [3.63, 3.8) is 0 Å². The molecule has 0 unspecified atom stereocenters. The van der Waals surface area contributed by atoms with Crippen LogP contribution in [0.1, 0.15) is 37.4 Å². The fourth-order valence-corrected chi connectivity index (χ4v) is 2.92. The fraction of sp³-hybridized carbons (Fsp3) is 0.120. The molecule has 0 radical (unpaired) electrons. The Labute approximate surface area is 170 Å². The van der Waals surface area contributed by atoms with Gasteiger partial charge in [-0.05, 0) is 60.4 Å². The van der Waals surface area contributed by atoms with E-state index in [1.807, 2.05) is 37.3 Å². The van der Waals surface area contributed by atoms with Crippen LogP contribution in [-0.2, 0) is 6.42 Å². The lowest BCUT2D eigenvalue weighted by atomic mass is 10.1. The van der Waals surface area contributed by atoms with Crippen molar-refractivity contribution >= 4 is 17.8 Å². The van der Waals surface area contributed by atoms with E-state index < -0.39 is 0 Å². The second-order valence-corrected chi connectivity index (χ2v) is 6.83. The molecule has 0 aromatic heterocycles. The van der Waals surface area contributed by atoms with E-state index in [1.54, 1.807) is 48.5 Å². The molecule has 146 valence electrons. The Morgan fingerprint density at radius 1 is 0.966 bits per heavy atom. The Hall–Kier alpha value is -3.66. The molecule has 0 aliphatic carbocycles. The van der Waals surface area contributed by atoms with Crippen molar-refractivity contribution in [2.45, 2.75) is 13.3 Å². The van der Waals surface area contributed by atoms with Gasteiger partial charge in [0.2, 0.25) is 0 Å². The molecular weight excluding hydrogens is 362 g/mol. The summed E-state index contributed by atoms with van der Waals surface area (Å²) >= 11 is 0. The maximum Gasteiger partial charge on any atom is 0.251 e. The zero-order valence-corrected chi connectivity index (χ0v) is 16.3. The van der Waals surface area contributed by atoms with E-state index in [0.29, 0.717) is 12.1 Å². The highest BCUT2D eigenvalue weighted by Crippen LogP contribution is 2.19. The number of rotatable bonds is 7. The lowest BCUT2D eigenvalue weighted by Crippen LogP contribution is -2.25. The number of phenols is 1. The second-order valence-electron chi connectivity index (χ2n) is 6.83. The summed E-state index contributed by atoms with van der Waals surface area (Å²) in [6.07, 6.45) is 3.86. The highest BCUT2D eigenvalue weighted by atomic mass is 16.3. The first-order valence-corrected chi connectivity index (χ1v) is 9.47. The number of benzene rings is 3. The van der Waals surface area contributed by atoms with Gasteiger partial charge in [0.1, 0.15) is 5.75 Å². The molecule has 3 rings (SSSR count). The molecule has 0 bridgehead atoms. The molecule has 2 N–H and O–H groups in total. The average Bonchev–Trinajstić information content (AvgIpc) is 2.73. The van der Waals surface area contributed by atoms with Crippen LogP contribution in [0.25, 0.3) is 6.08 Å². The highest BCUT2D eigenvalue weighted by molar-refractivity contribution is 6.08. The van der Waals surface area contributed by atoms with Crippen molar-refractivity contribution in [2.75, 3.05) is 6.54 Å². The van der Waals surface area contributed by atoms with Crippen LogP contribution < -0.4 is 5.32 Å². The minimum Gasteiger partial charge on any atom is -0.507 e. The molecule has 4 nitrogen and oxygen atoms in total. The lowest BCUT2D eigenvalue weighted by Gasteiger charge is -2.06. The topological polar surface area (TPSA) is 66.4 Å². The Morgan fingerprint density at radius 2 is 1.69 bits per heavy atom. The number of allylic oxidation sites excluding steroid dienone is 1. The Balaban J connectivity index is 1.55. The molecule has 0 saturated carbocycles. The summed E-state index contributed by atoms with van der Waals surface area (Å²) in [7, 11) is 0. The van der Waals surface area contributed by atoms with Gasteiger partial charge in [0.25, 0.3) is 5.91 Å². The molecule has 3 aromatic carbocycles. The molecular formula is C25H23NO3. The van der Waals surface area contributed by atoms with Crippen molar-refractivity contribution in [2.24, 2.45) is 0 Å². The third kappa shape index (κ3) is 5.66. The quantitative estimate of drug-likeness (QED) is 0.462. The van der Waals surface area contributed by atoms with Gasteiger partial charge < -0.3 is 10.4 Å². The summed E-state index contributed by atoms with van der Waals surface area (Å²) in [6, 6.07) is 22.0. The van der Waals surface area contributed by atoms with Crippen molar-refractivity contribution in [3.8, 4) is 5.75 Å². The van der Waals surface area contributed by atoms with Gasteiger partial charge in [0.15, 0.2) is 5.78 Å². The first-order chi connectivity index (χ1) is 14.0. The second kappa shape index (κ2) is 9.51. The SMILES string of the molecule is Cc1ccc(C(=O)/C=C/c2ccc(C(=O)NCCc3ccccc3)cc2)c(O)c1. The normalized spacial score (nSPS) is 10.8. The number of hydrogen-bond donors (Lipinski definition) is 2. The summed E-state index contributed by atoms with van der Waals surface area (Å²) in [6.45, 7) is 2.42. The monoisotopic (exact) mass is 385 g/mol. The molecule has 0 fully saturated rings. The highest BCUT2D eigenvalue weighted by Gasteiger charge is 2.08. The summed E-state index contributed by atoms with van der Waals surface area (Å²) < 4.78 is 0. The van der Waals surface area contributed by atoms with Crippen LogP contribution in [0.5, 0.6) is 5.75 Å². The number of nitrogens with one attached hydrogen (secondary N) is 1. The van der Waals surface area contributed by atoms with E-state index in [0.717, 1.165) is 17.5 Å². The summed E-state index contributed by atoms with van der Waals surface area (Å²) in [5.74, 6) is -0.426. The summed E-state index contributed by atoms with van der Waals surface area (Å²) in [5.41, 5.74) is 3.70. The fourth-order valence-electron chi connectivity index (χ4n) is 2.92. The van der Waals surface area contributed by atoms with Gasteiger partial charge in [-0.1, -0.05) is 54.6 Å². The van der Waals surface area contributed by atoms with Crippen LogP contribution in [0, 0.1) is 6.92 Å². The van der Waals surface area contributed by atoms with Crippen molar-refractivity contribution < 1.29 is 14.7 Å². The molecule has 0 aliphatic rings. The van der Waals surface area contributed by atoms with E-state index in [1.165, 1.54) is 11.6 Å². The predicted molar refractivity (Wildman–Crippen MR) is 115 cm³/mol. The number of ketones is 1. The number of aryl methyl sites for hydroxylation is 1. The van der Waals surface area contributed by atoms with Gasteiger partial charge >= 0.3 is 0 Å². The van der Waals surface area contributed by atoms with E-state index in [-0.39, 0.29) is 23.0 Å². The largest absolute Gasteiger partial charge is 0.507 e. The maximum absolute atomic E-state index is 12.3. The molecule has 3 aromatic rings. The van der Waals surface area contributed by atoms with Gasteiger partial charge in [-0.25, -0.2) is 0 Å². The van der Waals surface area contributed by atoms with Crippen LogP contribution in [0.2, 0.25) is 0 Å². The van der Waals surface area contributed by atoms with Crippen molar-refractivity contribution in [1.82, 2.24) is 5.32 Å². The van der Waals surface area contributed by atoms with E-state index >= 15 is 0 Å². The van der Waals surface area contributed by atoms with Crippen LogP contribution >= 0.6 is 0 Å². The van der Waals surface area contributed by atoms with Crippen molar-refractivity contribution in [3.05, 3.63) is 107 Å². The number of aromatic hydroxyl groups is 1. The molecule has 0 atom stereocenters. The number of carbonyl (C=O) groups is 2. The number of amides is 1. The van der Waals surface area contributed by atoms with Gasteiger partial charge in [-0.2, -0.15) is 0 Å². The predicted octanol–water partition coefficient (Wildman–Crippen LogP) is 4.57. The van der Waals surface area contributed by atoms with E-state index in [2.05, 4.69) is 5.32 Å². The van der Waals surface area contributed by atoms with Gasteiger partial charge in [-0.15, -0.1) is 0 Å². The van der Waals surface area contributed by atoms with Crippen molar-refractivity contribution in [1.29, 1.82) is 0 Å². The molecule has 0 saturated heterocycles. The molecule has 0 spiro atoms. The smallest absolute Gasteiger partial charge is 0.251 e. The first kappa shape index (κ1) is 20.1. The molecule has 29 heavy (non-hydrogen) atoms. The third-order valence-corrected chi connectivity index (χ3v) is 4.56. The zero-order chi connectivity index (χ0) is 20.6.